The van der Waals surface area contributed by atoms with Crippen LogP contribution in [0.3, 0.4) is 0 Å². The van der Waals surface area contributed by atoms with E-state index in [1.165, 1.54) is 19.2 Å². The van der Waals surface area contributed by atoms with E-state index in [4.69, 9.17) is 9.88 Å². The van der Waals surface area contributed by atoms with Crippen LogP contribution in [0.2, 0.25) is 0 Å². The number of primary sulfonamides is 1. The Bertz CT molecular complexity index is 651. The SMILES string of the molecule is COc1ccc(S(N)(=O)=O)cc1NCc1cc[nH]c1. The number of aromatic nitrogens is 1. The minimum Gasteiger partial charge on any atom is -0.495 e. The largest absolute Gasteiger partial charge is 0.495 e. The van der Waals surface area contributed by atoms with Crippen molar-refractivity contribution >= 4 is 15.7 Å². The molecule has 0 saturated heterocycles. The van der Waals surface area contributed by atoms with E-state index in [0.717, 1.165) is 5.56 Å². The van der Waals surface area contributed by atoms with Crippen molar-refractivity contribution in [3.8, 4) is 5.75 Å². The number of anilines is 1. The van der Waals surface area contributed by atoms with Crippen molar-refractivity contribution < 1.29 is 13.2 Å². The smallest absolute Gasteiger partial charge is 0.238 e. The van der Waals surface area contributed by atoms with Crippen LogP contribution in [-0.4, -0.2) is 20.5 Å². The lowest BCUT2D eigenvalue weighted by Gasteiger charge is -2.11. The topological polar surface area (TPSA) is 97.2 Å². The summed E-state index contributed by atoms with van der Waals surface area (Å²) in [6, 6.07) is 6.36. The van der Waals surface area contributed by atoms with Gasteiger partial charge in [0.2, 0.25) is 10.0 Å². The van der Waals surface area contributed by atoms with Crippen molar-refractivity contribution in [3.05, 3.63) is 42.2 Å². The second-order valence-corrected chi connectivity index (χ2v) is 5.54. The van der Waals surface area contributed by atoms with Gasteiger partial charge in [0, 0.05) is 18.9 Å². The van der Waals surface area contributed by atoms with Crippen molar-refractivity contribution in [1.82, 2.24) is 4.98 Å². The molecule has 0 unspecified atom stereocenters. The van der Waals surface area contributed by atoms with Gasteiger partial charge in [-0.05, 0) is 29.8 Å². The third kappa shape index (κ3) is 3.27. The Kier molecular flexibility index (Phi) is 3.77. The Hall–Kier alpha value is -1.99. The van der Waals surface area contributed by atoms with Gasteiger partial charge in [-0.15, -0.1) is 0 Å². The zero-order chi connectivity index (χ0) is 13.9. The van der Waals surface area contributed by atoms with Gasteiger partial charge in [0.1, 0.15) is 5.75 Å². The van der Waals surface area contributed by atoms with Crippen molar-refractivity contribution in [2.45, 2.75) is 11.4 Å². The first-order valence-electron chi connectivity index (χ1n) is 5.57. The van der Waals surface area contributed by atoms with E-state index < -0.39 is 10.0 Å². The van der Waals surface area contributed by atoms with E-state index in [9.17, 15) is 8.42 Å². The number of rotatable bonds is 5. The molecule has 4 N–H and O–H groups in total. The molecule has 0 spiro atoms. The van der Waals surface area contributed by atoms with E-state index in [2.05, 4.69) is 10.3 Å². The Morgan fingerprint density at radius 2 is 2.16 bits per heavy atom. The molecule has 1 aromatic heterocycles. The first kappa shape index (κ1) is 13.4. The predicted octanol–water partition coefficient (Wildman–Crippen LogP) is 1.28. The zero-order valence-corrected chi connectivity index (χ0v) is 11.2. The van der Waals surface area contributed by atoms with Crippen molar-refractivity contribution in [2.75, 3.05) is 12.4 Å². The lowest BCUT2D eigenvalue weighted by Crippen LogP contribution is -2.12. The molecule has 0 bridgehead atoms. The van der Waals surface area contributed by atoms with Crippen LogP contribution in [0.5, 0.6) is 5.75 Å². The van der Waals surface area contributed by atoms with E-state index >= 15 is 0 Å². The van der Waals surface area contributed by atoms with Gasteiger partial charge in [-0.3, -0.25) is 0 Å². The minimum absolute atomic E-state index is 0.0462. The average molecular weight is 281 g/mol. The van der Waals surface area contributed by atoms with Crippen LogP contribution in [0.1, 0.15) is 5.56 Å². The highest BCUT2D eigenvalue weighted by Crippen LogP contribution is 2.27. The summed E-state index contributed by atoms with van der Waals surface area (Å²) in [5, 5.41) is 8.22. The molecule has 6 nitrogen and oxygen atoms in total. The second kappa shape index (κ2) is 5.33. The molecule has 0 saturated carbocycles. The fourth-order valence-electron chi connectivity index (χ4n) is 1.67. The number of benzene rings is 1. The van der Waals surface area contributed by atoms with Crippen molar-refractivity contribution in [3.63, 3.8) is 0 Å². The molecule has 0 atom stereocenters. The van der Waals surface area contributed by atoms with E-state index in [-0.39, 0.29) is 4.90 Å². The van der Waals surface area contributed by atoms with Crippen LogP contribution in [-0.2, 0) is 16.6 Å². The summed E-state index contributed by atoms with van der Waals surface area (Å²) in [5.74, 6) is 0.558. The molecule has 1 heterocycles. The molecule has 0 aliphatic carbocycles. The molecule has 0 radical (unpaired) electrons. The van der Waals surface area contributed by atoms with Gasteiger partial charge in [0.15, 0.2) is 0 Å². The van der Waals surface area contributed by atoms with Crippen LogP contribution in [0.4, 0.5) is 5.69 Å². The molecule has 2 rings (SSSR count). The highest BCUT2D eigenvalue weighted by molar-refractivity contribution is 7.89. The number of methoxy groups -OCH3 is 1. The van der Waals surface area contributed by atoms with E-state index in [1.54, 1.807) is 6.07 Å². The predicted molar refractivity (Wildman–Crippen MR) is 72.5 cm³/mol. The number of nitrogens with two attached hydrogens (primary N) is 1. The summed E-state index contributed by atoms with van der Waals surface area (Å²) in [6.07, 6.45) is 3.66. The molecule has 19 heavy (non-hydrogen) atoms. The van der Waals surface area contributed by atoms with Crippen LogP contribution in [0, 0.1) is 0 Å². The number of nitrogens with one attached hydrogen (secondary N) is 2. The van der Waals surface area contributed by atoms with Gasteiger partial charge < -0.3 is 15.0 Å². The molecule has 0 aliphatic heterocycles. The lowest BCUT2D eigenvalue weighted by molar-refractivity contribution is 0.416. The molecule has 1 aromatic carbocycles. The molecule has 0 fully saturated rings. The average Bonchev–Trinajstić information content (AvgIpc) is 2.88. The summed E-state index contributed by atoms with van der Waals surface area (Å²) >= 11 is 0. The Labute approximate surface area is 111 Å². The number of hydrogen-bond donors (Lipinski definition) is 3. The zero-order valence-electron chi connectivity index (χ0n) is 10.4. The highest BCUT2D eigenvalue weighted by Gasteiger charge is 2.11. The van der Waals surface area contributed by atoms with Gasteiger partial charge in [-0.25, -0.2) is 13.6 Å². The number of ether oxygens (including phenoxy) is 1. The van der Waals surface area contributed by atoms with Gasteiger partial charge in [-0.2, -0.15) is 0 Å². The van der Waals surface area contributed by atoms with Crippen molar-refractivity contribution in [1.29, 1.82) is 0 Å². The van der Waals surface area contributed by atoms with Crippen LogP contribution in [0.25, 0.3) is 0 Å². The van der Waals surface area contributed by atoms with E-state index in [0.29, 0.717) is 18.0 Å². The summed E-state index contributed by atoms with van der Waals surface area (Å²) in [6.45, 7) is 0.550. The maximum atomic E-state index is 11.3. The molecule has 2 aromatic rings. The Balaban J connectivity index is 2.26. The van der Waals surface area contributed by atoms with Crippen LogP contribution < -0.4 is 15.2 Å². The number of aromatic amines is 1. The highest BCUT2D eigenvalue weighted by atomic mass is 32.2. The first-order chi connectivity index (χ1) is 9.00. The third-order valence-corrected chi connectivity index (χ3v) is 3.56. The number of H-pyrrole nitrogens is 1. The van der Waals surface area contributed by atoms with Gasteiger partial charge in [-0.1, -0.05) is 0 Å². The first-order valence-corrected chi connectivity index (χ1v) is 7.12. The summed E-state index contributed by atoms with van der Waals surface area (Å²) in [4.78, 5) is 2.99. The monoisotopic (exact) mass is 281 g/mol. The molecule has 0 amide bonds. The standard InChI is InChI=1S/C12H15N3O3S/c1-18-12-3-2-10(19(13,16)17)6-11(12)15-8-9-4-5-14-7-9/h2-7,14-15H,8H2,1H3,(H2,13,16,17). The summed E-state index contributed by atoms with van der Waals surface area (Å²) < 4.78 is 27.8. The van der Waals surface area contributed by atoms with Gasteiger partial charge >= 0.3 is 0 Å². The molecular formula is C12H15N3O3S. The third-order valence-electron chi connectivity index (χ3n) is 2.64. The fourth-order valence-corrected chi connectivity index (χ4v) is 2.21. The fraction of sp³-hybridized carbons (Fsp3) is 0.167. The number of sulfonamides is 1. The lowest BCUT2D eigenvalue weighted by atomic mass is 10.2. The molecule has 102 valence electrons. The van der Waals surface area contributed by atoms with Crippen LogP contribution in [0.15, 0.2) is 41.6 Å². The quantitative estimate of drug-likeness (QED) is 0.769. The van der Waals surface area contributed by atoms with Gasteiger partial charge in [0.25, 0.3) is 0 Å². The maximum absolute atomic E-state index is 11.3. The van der Waals surface area contributed by atoms with Crippen molar-refractivity contribution in [2.24, 2.45) is 5.14 Å². The summed E-state index contributed by atoms with van der Waals surface area (Å²) in [5.41, 5.74) is 1.62. The molecular weight excluding hydrogens is 266 g/mol. The summed E-state index contributed by atoms with van der Waals surface area (Å²) in [7, 11) is -2.20. The Morgan fingerprint density at radius 1 is 1.37 bits per heavy atom. The molecule has 7 heteroatoms. The van der Waals surface area contributed by atoms with Gasteiger partial charge in [0.05, 0.1) is 17.7 Å². The minimum atomic E-state index is -3.72. The normalized spacial score (nSPS) is 11.3. The number of hydrogen-bond acceptors (Lipinski definition) is 4. The molecule has 0 aliphatic rings. The Morgan fingerprint density at radius 3 is 2.74 bits per heavy atom. The maximum Gasteiger partial charge on any atom is 0.238 e. The second-order valence-electron chi connectivity index (χ2n) is 3.98. The van der Waals surface area contributed by atoms with E-state index in [1.807, 2.05) is 18.5 Å². The van der Waals surface area contributed by atoms with Crippen LogP contribution >= 0.6 is 0 Å².